The lowest BCUT2D eigenvalue weighted by molar-refractivity contribution is -0.143. The Morgan fingerprint density at radius 3 is 2.06 bits per heavy atom. The van der Waals surface area contributed by atoms with E-state index in [4.69, 9.17) is 10.5 Å². The SMILES string of the molecule is CN1CCC(N2CCN(C(=O)[C@@H](Cc3cc(C(F)(F)F)c(N)c(C(F)(F)F)c3)OC(=O)N3CCC(N4CCc5cscc5NC4=O)CC3)CC2)CC1. The molecule has 11 nitrogen and oxygen atoms in total. The molecule has 0 aliphatic carbocycles. The smallest absolute Gasteiger partial charge is 0.418 e. The maximum atomic E-state index is 14.0. The Labute approximate surface area is 301 Å². The number of likely N-dealkylation sites (tertiary alicyclic amines) is 2. The van der Waals surface area contributed by atoms with E-state index in [1.54, 1.807) is 4.90 Å². The topological polar surface area (TPSA) is 115 Å². The fourth-order valence-electron chi connectivity index (χ4n) is 7.63. The second kappa shape index (κ2) is 15.3. The maximum Gasteiger partial charge on any atom is 0.418 e. The standard InChI is InChI=1S/C34H43F6N7O4S/c1-43-7-3-23(4-8-43)44-12-14-45(15-13-44)30(48)28(18-21-16-25(33(35,36)37)29(41)26(17-21)34(38,39)40)51-32(50)46-9-5-24(6-10-46)47-11-2-22-19-52-20-27(22)42-31(47)49/h16-17,19-20,23-24,28H,2-15,18,41H2,1H3,(H,42,49)/t28-/m1/s1. The first kappa shape index (κ1) is 38.0. The van der Waals surface area contributed by atoms with Crippen molar-refractivity contribution in [1.82, 2.24) is 24.5 Å². The van der Waals surface area contributed by atoms with E-state index in [1.165, 1.54) is 21.1 Å². The monoisotopic (exact) mass is 759 g/mol. The number of halogens is 6. The number of alkyl halides is 6. The van der Waals surface area contributed by atoms with Crippen LogP contribution in [0.15, 0.2) is 22.9 Å². The van der Waals surface area contributed by atoms with Gasteiger partial charge in [0.25, 0.3) is 5.91 Å². The summed E-state index contributed by atoms with van der Waals surface area (Å²) in [6.07, 6.45) is -10.3. The molecule has 4 aliphatic rings. The number of rotatable bonds is 6. The van der Waals surface area contributed by atoms with E-state index in [-0.39, 0.29) is 38.3 Å². The van der Waals surface area contributed by atoms with Gasteiger partial charge in [-0.2, -0.15) is 26.3 Å². The van der Waals surface area contributed by atoms with Crippen molar-refractivity contribution < 1.29 is 45.5 Å². The summed E-state index contributed by atoms with van der Waals surface area (Å²) in [5, 5.41) is 6.79. The minimum atomic E-state index is -5.21. The number of anilines is 2. The number of piperidine rings is 2. The predicted molar refractivity (Wildman–Crippen MR) is 182 cm³/mol. The van der Waals surface area contributed by atoms with Crippen LogP contribution in [0.2, 0.25) is 0 Å². The van der Waals surface area contributed by atoms with Crippen molar-refractivity contribution in [3.63, 3.8) is 0 Å². The molecule has 3 saturated heterocycles. The van der Waals surface area contributed by atoms with Crippen LogP contribution in [-0.2, 0) is 34.7 Å². The molecule has 0 bridgehead atoms. The number of nitrogens with one attached hydrogen (secondary N) is 1. The molecule has 0 saturated carbocycles. The van der Waals surface area contributed by atoms with Gasteiger partial charge in [0.15, 0.2) is 6.10 Å². The second-order valence-electron chi connectivity index (χ2n) is 14.0. The molecule has 3 fully saturated rings. The van der Waals surface area contributed by atoms with Gasteiger partial charge in [-0.05, 0) is 80.9 Å². The van der Waals surface area contributed by atoms with Gasteiger partial charge in [0, 0.05) is 69.7 Å². The fourth-order valence-corrected chi connectivity index (χ4v) is 8.45. The van der Waals surface area contributed by atoms with Gasteiger partial charge in [0.1, 0.15) is 0 Å². The highest BCUT2D eigenvalue weighted by molar-refractivity contribution is 7.08. The quantitative estimate of drug-likeness (QED) is 0.307. The number of nitrogen functional groups attached to an aromatic ring is 1. The number of carbonyl (C=O) groups excluding carboxylic acids is 3. The van der Waals surface area contributed by atoms with Gasteiger partial charge in [0.05, 0.1) is 22.5 Å². The summed E-state index contributed by atoms with van der Waals surface area (Å²) in [7, 11) is 2.06. The number of thiophene rings is 1. The molecule has 5 heterocycles. The highest BCUT2D eigenvalue weighted by atomic mass is 32.1. The Hall–Kier alpha value is -3.77. The molecule has 0 radical (unpaired) electrons. The number of amides is 4. The van der Waals surface area contributed by atoms with Crippen LogP contribution in [0.25, 0.3) is 0 Å². The van der Waals surface area contributed by atoms with E-state index in [9.17, 15) is 40.7 Å². The number of urea groups is 1. The molecule has 0 unspecified atom stereocenters. The molecule has 286 valence electrons. The summed E-state index contributed by atoms with van der Waals surface area (Å²) < 4.78 is 88.9. The van der Waals surface area contributed by atoms with E-state index in [0.29, 0.717) is 57.1 Å². The Morgan fingerprint density at radius 2 is 1.46 bits per heavy atom. The lowest BCUT2D eigenvalue weighted by atomic mass is 9.97. The van der Waals surface area contributed by atoms with Crippen LogP contribution in [0.1, 0.15) is 47.9 Å². The molecule has 6 rings (SSSR count). The minimum Gasteiger partial charge on any atom is -0.436 e. The summed E-state index contributed by atoms with van der Waals surface area (Å²) in [5.41, 5.74) is 1.85. The van der Waals surface area contributed by atoms with Crippen molar-refractivity contribution in [2.75, 3.05) is 77.0 Å². The van der Waals surface area contributed by atoms with Crippen molar-refractivity contribution in [1.29, 1.82) is 0 Å². The minimum absolute atomic E-state index is 0.170. The number of hydrogen-bond donors (Lipinski definition) is 2. The highest BCUT2D eigenvalue weighted by Gasteiger charge is 2.42. The van der Waals surface area contributed by atoms with Crippen LogP contribution in [0.5, 0.6) is 0 Å². The number of piperazine rings is 1. The molecule has 18 heteroatoms. The zero-order chi connectivity index (χ0) is 37.4. The second-order valence-corrected chi connectivity index (χ2v) is 14.7. The molecule has 52 heavy (non-hydrogen) atoms. The Bertz CT molecular complexity index is 1580. The third-order valence-corrected chi connectivity index (χ3v) is 11.4. The Balaban J connectivity index is 1.16. The Morgan fingerprint density at radius 1 is 0.865 bits per heavy atom. The maximum absolute atomic E-state index is 14.0. The molecule has 3 N–H and O–H groups in total. The summed E-state index contributed by atoms with van der Waals surface area (Å²) in [6.45, 7) is 4.31. The van der Waals surface area contributed by atoms with Crippen LogP contribution in [0.4, 0.5) is 47.3 Å². The molecule has 1 aromatic heterocycles. The third kappa shape index (κ3) is 8.54. The third-order valence-electron chi connectivity index (χ3n) is 10.7. The van der Waals surface area contributed by atoms with Crippen LogP contribution >= 0.6 is 11.3 Å². The number of ether oxygens (including phenoxy) is 1. The van der Waals surface area contributed by atoms with Gasteiger partial charge in [-0.1, -0.05) is 0 Å². The van der Waals surface area contributed by atoms with Crippen LogP contribution in [-0.4, -0.2) is 127 Å². The summed E-state index contributed by atoms with van der Waals surface area (Å²) in [5.74, 6) is -0.696. The number of fused-ring (bicyclic) bond motifs is 1. The lowest BCUT2D eigenvalue weighted by Crippen LogP contribution is -2.56. The summed E-state index contributed by atoms with van der Waals surface area (Å²) in [4.78, 5) is 49.6. The first-order chi connectivity index (χ1) is 24.6. The van der Waals surface area contributed by atoms with E-state index in [0.717, 1.165) is 37.2 Å². The largest absolute Gasteiger partial charge is 0.436 e. The first-order valence-electron chi connectivity index (χ1n) is 17.4. The van der Waals surface area contributed by atoms with Gasteiger partial charge in [0.2, 0.25) is 0 Å². The van der Waals surface area contributed by atoms with Crippen LogP contribution in [0, 0.1) is 0 Å². The zero-order valence-electron chi connectivity index (χ0n) is 28.8. The van der Waals surface area contributed by atoms with Crippen LogP contribution in [0.3, 0.4) is 0 Å². The predicted octanol–water partition coefficient (Wildman–Crippen LogP) is 5.21. The number of nitrogens with zero attached hydrogens (tertiary/aromatic N) is 5. The molecule has 1 aromatic carbocycles. The van der Waals surface area contributed by atoms with Crippen molar-refractivity contribution >= 4 is 40.7 Å². The van der Waals surface area contributed by atoms with Crippen LogP contribution < -0.4 is 11.1 Å². The molecule has 4 amide bonds. The van der Waals surface area contributed by atoms with Gasteiger partial charge in [-0.3, -0.25) is 9.69 Å². The lowest BCUT2D eigenvalue weighted by Gasteiger charge is -2.42. The van der Waals surface area contributed by atoms with Crippen molar-refractivity contribution in [3.05, 3.63) is 45.1 Å². The summed E-state index contributed by atoms with van der Waals surface area (Å²) >= 11 is 1.51. The zero-order valence-corrected chi connectivity index (χ0v) is 29.6. The molecule has 4 aliphatic heterocycles. The van der Waals surface area contributed by atoms with E-state index >= 15 is 0 Å². The average molecular weight is 760 g/mol. The van der Waals surface area contributed by atoms with Gasteiger partial charge >= 0.3 is 24.5 Å². The summed E-state index contributed by atoms with van der Waals surface area (Å²) in [6, 6.07) is 0.890. The number of nitrogens with two attached hydrogens (primary N) is 1. The molecule has 2 aromatic rings. The Kier molecular flexibility index (Phi) is 11.2. The molecule has 0 spiro atoms. The molecular weight excluding hydrogens is 716 g/mol. The number of benzene rings is 1. The van der Waals surface area contributed by atoms with E-state index in [1.807, 2.05) is 10.8 Å². The highest BCUT2D eigenvalue weighted by Crippen LogP contribution is 2.42. The van der Waals surface area contributed by atoms with E-state index in [2.05, 4.69) is 22.2 Å². The number of carbonyl (C=O) groups is 3. The number of hydrogen-bond acceptors (Lipinski definition) is 8. The van der Waals surface area contributed by atoms with Gasteiger partial charge < -0.3 is 35.4 Å². The normalized spacial score (nSPS) is 21.1. The molecular formula is C34H43F6N7O4S. The van der Waals surface area contributed by atoms with Gasteiger partial charge in [-0.15, -0.1) is 11.3 Å². The van der Waals surface area contributed by atoms with Crippen molar-refractivity contribution in [2.24, 2.45) is 0 Å². The van der Waals surface area contributed by atoms with Crippen molar-refractivity contribution in [3.8, 4) is 0 Å². The average Bonchev–Trinajstić information content (AvgIpc) is 3.47. The molecule has 1 atom stereocenters. The first-order valence-corrected chi connectivity index (χ1v) is 18.4. The fraction of sp³-hybridized carbons (Fsp3) is 0.618. The van der Waals surface area contributed by atoms with E-state index < -0.39 is 59.3 Å². The van der Waals surface area contributed by atoms with Gasteiger partial charge in [-0.25, -0.2) is 9.59 Å². The van der Waals surface area contributed by atoms with Crippen molar-refractivity contribution in [2.45, 2.75) is 69.1 Å².